The number of aliphatic hydroxyl groups is 3. The summed E-state index contributed by atoms with van der Waals surface area (Å²) in [6.07, 6.45) is 0.417. The van der Waals surface area contributed by atoms with Crippen molar-refractivity contribution < 1.29 is 24.9 Å². The molecule has 6 nitrogen and oxygen atoms in total. The molecule has 0 aliphatic carbocycles. The van der Waals surface area contributed by atoms with Crippen LogP contribution in [0.15, 0.2) is 0 Å². The molecule has 1 heterocycles. The number of carbonyl (C=O) groups is 1. The van der Waals surface area contributed by atoms with Gasteiger partial charge in [0.2, 0.25) is 0 Å². The molecular weight excluding hydrogens is 358 g/mol. The fourth-order valence-electron chi connectivity index (χ4n) is 4.88. The minimum absolute atomic E-state index is 0.165. The summed E-state index contributed by atoms with van der Waals surface area (Å²) in [6.45, 7) is 13.8. The number of likely N-dealkylation sites (N-methyl/N-ethyl adjacent to an activating group) is 1. The highest BCUT2D eigenvalue weighted by atomic mass is 16.6. The normalized spacial score (nSPS) is 45.8. The molecule has 3 N–H and O–H groups in total. The van der Waals surface area contributed by atoms with Crippen molar-refractivity contribution >= 4 is 5.97 Å². The summed E-state index contributed by atoms with van der Waals surface area (Å²) in [5, 5.41) is 32.8. The van der Waals surface area contributed by atoms with Gasteiger partial charge in [0, 0.05) is 12.6 Å². The number of nitrogens with zero attached hydrogens (tertiary/aromatic N) is 1. The van der Waals surface area contributed by atoms with Gasteiger partial charge in [0.25, 0.3) is 0 Å². The van der Waals surface area contributed by atoms with Gasteiger partial charge in [0.15, 0.2) is 0 Å². The molecule has 0 radical (unpaired) electrons. The fraction of sp³-hybridized carbons (Fsp3) is 0.955. The largest absolute Gasteiger partial charge is 0.459 e. The zero-order chi connectivity index (χ0) is 21.9. The highest BCUT2D eigenvalue weighted by molar-refractivity contribution is 5.72. The van der Waals surface area contributed by atoms with Gasteiger partial charge in [-0.3, -0.25) is 4.79 Å². The Kier molecular flexibility index (Phi) is 8.94. The average molecular weight is 402 g/mol. The maximum Gasteiger partial charge on any atom is 0.309 e. The Morgan fingerprint density at radius 1 is 1.11 bits per heavy atom. The summed E-state index contributed by atoms with van der Waals surface area (Å²) >= 11 is 0. The van der Waals surface area contributed by atoms with Gasteiger partial charge in [-0.15, -0.1) is 0 Å². The summed E-state index contributed by atoms with van der Waals surface area (Å²) in [4.78, 5) is 14.6. The molecule has 1 aliphatic rings. The first kappa shape index (κ1) is 25.3. The molecule has 8 atom stereocenters. The number of aliphatic hydroxyl groups excluding tert-OH is 1. The average Bonchev–Trinajstić information content (AvgIpc) is 2.55. The predicted molar refractivity (Wildman–Crippen MR) is 111 cm³/mol. The van der Waals surface area contributed by atoms with Gasteiger partial charge in [0.1, 0.15) is 17.8 Å². The van der Waals surface area contributed by atoms with Gasteiger partial charge in [-0.05, 0) is 65.3 Å². The summed E-state index contributed by atoms with van der Waals surface area (Å²) < 4.78 is 5.65. The Labute approximate surface area is 171 Å². The van der Waals surface area contributed by atoms with Crippen LogP contribution in [0.2, 0.25) is 0 Å². The number of ether oxygens (including phenoxy) is 1. The van der Waals surface area contributed by atoms with Crippen LogP contribution in [0.3, 0.4) is 0 Å². The molecule has 1 rings (SSSR count). The molecule has 0 aromatic carbocycles. The highest BCUT2D eigenvalue weighted by Gasteiger charge is 2.44. The number of rotatable bonds is 1. The van der Waals surface area contributed by atoms with E-state index >= 15 is 0 Å². The smallest absolute Gasteiger partial charge is 0.309 e. The Hall–Kier alpha value is -0.690. The molecule has 0 aromatic heterocycles. The standard InChI is InChI=1S/C22H43NO5/c1-9-18-22(7,27)19(24)17(5)23(8)13-15(3)12-21(6,26)11-14(2)10-16(4)20(25)28-18/h14-19,24,26-27H,9-13H2,1-8H3/t14-,15+,16?,17+,18+,19+,21-,22+/m0/s1. The topological polar surface area (TPSA) is 90.2 Å². The maximum absolute atomic E-state index is 12.6. The van der Waals surface area contributed by atoms with Crippen molar-refractivity contribution in [2.45, 2.75) is 104 Å². The van der Waals surface area contributed by atoms with Crippen molar-refractivity contribution in [2.75, 3.05) is 13.6 Å². The summed E-state index contributed by atoms with van der Waals surface area (Å²) in [6, 6.07) is -0.336. The third-order valence-corrected chi connectivity index (χ3v) is 6.37. The van der Waals surface area contributed by atoms with Gasteiger partial charge in [-0.25, -0.2) is 0 Å². The van der Waals surface area contributed by atoms with Crippen LogP contribution in [0.1, 0.15) is 74.1 Å². The summed E-state index contributed by atoms with van der Waals surface area (Å²) in [5.41, 5.74) is -2.37. The van der Waals surface area contributed by atoms with Crippen LogP contribution in [0.4, 0.5) is 0 Å². The molecule has 1 unspecified atom stereocenters. The first-order valence-corrected chi connectivity index (χ1v) is 10.7. The molecule has 0 amide bonds. The monoisotopic (exact) mass is 401 g/mol. The van der Waals surface area contributed by atoms with Crippen molar-refractivity contribution in [1.82, 2.24) is 4.90 Å². The van der Waals surface area contributed by atoms with Crippen LogP contribution in [-0.2, 0) is 9.53 Å². The molecule has 166 valence electrons. The second-order valence-corrected chi connectivity index (χ2v) is 9.94. The van der Waals surface area contributed by atoms with E-state index in [0.717, 1.165) is 0 Å². The van der Waals surface area contributed by atoms with Gasteiger partial charge < -0.3 is 25.0 Å². The minimum Gasteiger partial charge on any atom is -0.459 e. The van der Waals surface area contributed by atoms with E-state index in [1.807, 2.05) is 46.6 Å². The van der Waals surface area contributed by atoms with Gasteiger partial charge in [-0.1, -0.05) is 27.7 Å². The van der Waals surface area contributed by atoms with Crippen LogP contribution < -0.4 is 0 Å². The molecule has 0 saturated carbocycles. The number of carbonyl (C=O) groups excluding carboxylic acids is 1. The maximum atomic E-state index is 12.6. The Bertz CT molecular complexity index is 507. The van der Waals surface area contributed by atoms with E-state index in [-0.39, 0.29) is 29.8 Å². The Morgan fingerprint density at radius 3 is 2.18 bits per heavy atom. The first-order chi connectivity index (χ1) is 12.7. The summed E-state index contributed by atoms with van der Waals surface area (Å²) in [5.74, 6) is -0.322. The van der Waals surface area contributed by atoms with E-state index in [4.69, 9.17) is 4.74 Å². The molecule has 28 heavy (non-hydrogen) atoms. The van der Waals surface area contributed by atoms with Crippen LogP contribution >= 0.6 is 0 Å². The first-order valence-electron chi connectivity index (χ1n) is 10.7. The van der Waals surface area contributed by atoms with E-state index in [0.29, 0.717) is 32.2 Å². The van der Waals surface area contributed by atoms with Crippen molar-refractivity contribution in [1.29, 1.82) is 0 Å². The van der Waals surface area contributed by atoms with E-state index < -0.39 is 23.4 Å². The Balaban J connectivity index is 3.19. The zero-order valence-corrected chi connectivity index (χ0v) is 19.1. The SMILES string of the molecule is CC[C@H]1OC(=O)C(C)C[C@H](C)C[C@](C)(O)C[C@@H](C)CN(C)[C@H](C)[C@@H](O)[C@]1(C)O. The van der Waals surface area contributed by atoms with Crippen molar-refractivity contribution in [3.05, 3.63) is 0 Å². The lowest BCUT2D eigenvalue weighted by molar-refractivity contribution is -0.189. The number of cyclic esters (lactones) is 1. The van der Waals surface area contributed by atoms with Crippen molar-refractivity contribution in [3.63, 3.8) is 0 Å². The molecule has 0 spiro atoms. The van der Waals surface area contributed by atoms with E-state index in [9.17, 15) is 20.1 Å². The Morgan fingerprint density at radius 2 is 1.64 bits per heavy atom. The lowest BCUT2D eigenvalue weighted by Crippen LogP contribution is -2.58. The van der Waals surface area contributed by atoms with Crippen LogP contribution in [0, 0.1) is 17.8 Å². The lowest BCUT2D eigenvalue weighted by atomic mass is 9.82. The fourth-order valence-corrected chi connectivity index (χ4v) is 4.88. The van der Waals surface area contributed by atoms with Gasteiger partial charge >= 0.3 is 5.97 Å². The zero-order valence-electron chi connectivity index (χ0n) is 19.1. The number of hydrogen-bond donors (Lipinski definition) is 3. The van der Waals surface area contributed by atoms with Crippen molar-refractivity contribution in [2.24, 2.45) is 17.8 Å². The lowest BCUT2D eigenvalue weighted by Gasteiger charge is -2.42. The molecule has 0 aromatic rings. The highest BCUT2D eigenvalue weighted by Crippen LogP contribution is 2.31. The van der Waals surface area contributed by atoms with E-state index in [1.54, 1.807) is 6.92 Å². The third-order valence-electron chi connectivity index (χ3n) is 6.37. The third kappa shape index (κ3) is 6.68. The molecule has 1 saturated heterocycles. The van der Waals surface area contributed by atoms with Crippen LogP contribution in [0.5, 0.6) is 0 Å². The molecule has 6 heteroatoms. The van der Waals surface area contributed by atoms with Gasteiger partial charge in [-0.2, -0.15) is 0 Å². The molecular formula is C22H43NO5. The summed E-state index contributed by atoms with van der Waals surface area (Å²) in [7, 11) is 1.91. The van der Waals surface area contributed by atoms with Crippen LogP contribution in [0.25, 0.3) is 0 Å². The quantitative estimate of drug-likeness (QED) is 0.585. The number of hydrogen-bond acceptors (Lipinski definition) is 6. The molecule has 1 aliphatic heterocycles. The number of esters is 1. The minimum atomic E-state index is -1.56. The second-order valence-electron chi connectivity index (χ2n) is 9.94. The van der Waals surface area contributed by atoms with E-state index in [2.05, 4.69) is 6.92 Å². The van der Waals surface area contributed by atoms with Crippen LogP contribution in [-0.4, -0.2) is 69.2 Å². The van der Waals surface area contributed by atoms with Gasteiger partial charge in [0.05, 0.1) is 11.5 Å². The van der Waals surface area contributed by atoms with E-state index in [1.165, 1.54) is 0 Å². The second kappa shape index (κ2) is 9.88. The molecule has 1 fully saturated rings. The molecule has 0 bridgehead atoms. The predicted octanol–water partition coefficient (Wildman–Crippen LogP) is 2.58. The van der Waals surface area contributed by atoms with Crippen molar-refractivity contribution in [3.8, 4) is 0 Å².